The number of halogens is 2. The first-order chi connectivity index (χ1) is 36.4. The van der Waals surface area contributed by atoms with Gasteiger partial charge in [-0.25, -0.2) is 0 Å². The topological polar surface area (TPSA) is 40.6 Å². The molecular formula is C66H70Cl2N2O2P2Ru. The van der Waals surface area contributed by atoms with Crippen LogP contribution in [-0.4, -0.2) is 50.8 Å². The molecule has 0 saturated heterocycles. The molecule has 8 aromatic carbocycles. The van der Waals surface area contributed by atoms with Gasteiger partial charge in [-0.15, -0.1) is 0 Å². The van der Waals surface area contributed by atoms with Crippen molar-refractivity contribution in [2.24, 2.45) is 10.8 Å². The molecule has 0 bridgehead atoms. The zero-order chi connectivity index (χ0) is 52.7. The van der Waals surface area contributed by atoms with Crippen molar-refractivity contribution in [3.63, 3.8) is 0 Å². The average molecular weight is 1160 g/mol. The molecule has 4 atom stereocenters. The van der Waals surface area contributed by atoms with Gasteiger partial charge in [0.05, 0.1) is 0 Å². The molecule has 2 fully saturated rings. The average Bonchev–Trinajstić information content (AvgIpc) is 4.07. The molecule has 75 heavy (non-hydrogen) atoms. The van der Waals surface area contributed by atoms with Crippen molar-refractivity contribution < 1.29 is 24.7 Å². The molecule has 0 unspecified atom stereocenters. The van der Waals surface area contributed by atoms with Crippen molar-refractivity contribution in [3.05, 3.63) is 192 Å². The van der Waals surface area contributed by atoms with Gasteiger partial charge in [-0.3, -0.25) is 9.59 Å². The third kappa shape index (κ3) is 11.5. The molecule has 8 aromatic rings. The summed E-state index contributed by atoms with van der Waals surface area (Å²) in [6.45, 7) is 5.18. The summed E-state index contributed by atoms with van der Waals surface area (Å²) in [4.78, 5) is 21.8. The second-order valence-electron chi connectivity index (χ2n) is 21.8. The molecule has 12 rings (SSSR count). The van der Waals surface area contributed by atoms with Gasteiger partial charge in [0.1, 0.15) is 0 Å². The van der Waals surface area contributed by atoms with Crippen molar-refractivity contribution in [1.82, 2.24) is 9.80 Å². The van der Waals surface area contributed by atoms with Crippen LogP contribution < -0.4 is 31.8 Å². The molecule has 0 aromatic heterocycles. The number of carbonyl (C=O) groups excluding carboxylic acids is 2. The van der Waals surface area contributed by atoms with E-state index in [0.29, 0.717) is 22.7 Å². The Morgan fingerprint density at radius 1 is 0.453 bits per heavy atom. The van der Waals surface area contributed by atoms with Crippen molar-refractivity contribution in [3.8, 4) is 11.1 Å². The van der Waals surface area contributed by atoms with Crippen LogP contribution in [-0.2, 0) is 37.6 Å². The number of benzene rings is 8. The fourth-order valence-electron chi connectivity index (χ4n) is 13.2. The van der Waals surface area contributed by atoms with E-state index in [1.165, 1.54) is 139 Å². The number of aryl methyl sites for hydroxylation is 2. The third-order valence-electron chi connectivity index (χ3n) is 16.7. The van der Waals surface area contributed by atoms with Gasteiger partial charge < -0.3 is 9.80 Å². The Bertz CT molecular complexity index is 2940. The summed E-state index contributed by atoms with van der Waals surface area (Å²) in [6.07, 6.45) is 14.5. The summed E-state index contributed by atoms with van der Waals surface area (Å²) in [5.74, 6) is 1.32. The number of nitrogens with zero attached hydrogens (tertiary/aromatic N) is 2. The molecule has 0 spiro atoms. The fourth-order valence-corrected chi connectivity index (χ4v) is 18.1. The van der Waals surface area contributed by atoms with Gasteiger partial charge in [0.25, 0.3) is 0 Å². The fraction of sp³-hybridized carbons (Fsp3) is 0.303. The van der Waals surface area contributed by atoms with E-state index in [4.69, 9.17) is 19.4 Å². The second-order valence-corrected chi connectivity index (χ2v) is 28.8. The van der Waals surface area contributed by atoms with E-state index in [-0.39, 0.29) is 15.1 Å². The Hall–Kier alpha value is -4.72. The Labute approximate surface area is 464 Å². The molecule has 0 aliphatic heterocycles. The van der Waals surface area contributed by atoms with Crippen LogP contribution >= 0.6 is 35.2 Å². The van der Waals surface area contributed by atoms with E-state index in [0.717, 1.165) is 12.8 Å². The predicted molar refractivity (Wildman–Crippen MR) is 322 cm³/mol. The van der Waals surface area contributed by atoms with Gasteiger partial charge in [0.2, 0.25) is 12.8 Å². The first-order valence-corrected chi connectivity index (χ1v) is 33.7. The molecule has 2 amide bonds. The first-order valence-electron chi connectivity index (χ1n) is 26.5. The first kappa shape index (κ1) is 55.1. The van der Waals surface area contributed by atoms with Gasteiger partial charge in [-0.2, -0.15) is 0 Å². The summed E-state index contributed by atoms with van der Waals surface area (Å²) in [5.41, 5.74) is 10.3. The van der Waals surface area contributed by atoms with Crippen molar-refractivity contribution >= 4 is 101 Å². The van der Waals surface area contributed by atoms with Gasteiger partial charge in [-0.1, -0.05) is 197 Å². The molecule has 2 saturated carbocycles. The third-order valence-corrected chi connectivity index (χ3v) is 21.6. The van der Waals surface area contributed by atoms with E-state index >= 15 is 0 Å². The summed E-state index contributed by atoms with van der Waals surface area (Å²) in [5, 5.41) is 14.4. The second kappa shape index (κ2) is 24.7. The summed E-state index contributed by atoms with van der Waals surface area (Å²) in [7, 11) is 14.6. The number of amides is 2. The summed E-state index contributed by atoms with van der Waals surface area (Å²) in [6, 6.07) is 66.6. The monoisotopic (exact) mass is 1160 g/mol. The molecular weight excluding hydrogens is 1090 g/mol. The molecule has 4 nitrogen and oxygen atoms in total. The molecule has 0 radical (unpaired) electrons. The van der Waals surface area contributed by atoms with Gasteiger partial charge >= 0.3 is 34.5 Å². The molecule has 9 heteroatoms. The molecule has 4 aliphatic carbocycles. The van der Waals surface area contributed by atoms with Crippen LogP contribution in [0.1, 0.15) is 99.3 Å². The van der Waals surface area contributed by atoms with E-state index < -0.39 is 15.8 Å². The van der Waals surface area contributed by atoms with Crippen LogP contribution in [0.25, 0.3) is 32.7 Å². The maximum atomic E-state index is 9.43. The number of fused-ring (bicyclic) bond motifs is 10. The van der Waals surface area contributed by atoms with Gasteiger partial charge in [-0.05, 0) is 177 Å². The van der Waals surface area contributed by atoms with Crippen molar-refractivity contribution in [2.45, 2.75) is 89.9 Å². The van der Waals surface area contributed by atoms with Crippen LogP contribution in [0.4, 0.5) is 0 Å². The van der Waals surface area contributed by atoms with Crippen molar-refractivity contribution in [2.75, 3.05) is 28.2 Å². The van der Waals surface area contributed by atoms with Crippen LogP contribution in [0.15, 0.2) is 170 Å². The number of rotatable bonds is 9. The molecule has 0 heterocycles. The number of carbonyl (C=O) groups is 2. The standard InChI is InChI=1S/C60H56P2.2C3H7NO.2ClH.Ru/c1-59-37-15-25-53(59)49-27-29-51-45(47(49)35-39-59)31-33-55(61(41-17-7-3-8-18-41)42-19-9-4-10-20-42)57(51)58-52-30-28-50-48(36-40-60(2)38-16-26-54(50)60)46(52)32-34-56(58)62(43-21-11-5-12-22-43)44-23-13-6-14-24-44;2*1-4(2)3-5;;;/h3-14,17-24,27-34,53-54H,15-16,25-26,35-40H2,1-2H3;2*3H,1-2H3;2*1H;/q;;;;;+2/p-2/t53-,54-,59-,60-;;;;;/m0...../s1. The van der Waals surface area contributed by atoms with E-state index in [2.05, 4.69) is 184 Å². The zero-order valence-electron chi connectivity index (χ0n) is 44.3. The Kier molecular flexibility index (Phi) is 18.2. The Balaban J connectivity index is 0.000000478. The normalized spacial score (nSPS) is 20.0. The minimum atomic E-state index is -0.904. The number of hydrogen-bond acceptors (Lipinski definition) is 2. The molecule has 4 aliphatic rings. The Morgan fingerprint density at radius 3 is 1.04 bits per heavy atom. The minimum absolute atomic E-state index is 0.346. The zero-order valence-corrected chi connectivity index (χ0v) is 49.3. The predicted octanol–water partition coefficient (Wildman–Crippen LogP) is 14.4. The van der Waals surface area contributed by atoms with Crippen molar-refractivity contribution in [1.29, 1.82) is 0 Å². The molecule has 388 valence electrons. The van der Waals surface area contributed by atoms with Gasteiger partial charge in [0, 0.05) is 28.2 Å². The van der Waals surface area contributed by atoms with Crippen LogP contribution in [0.3, 0.4) is 0 Å². The Morgan fingerprint density at radius 2 is 0.747 bits per heavy atom. The quantitative estimate of drug-likeness (QED) is 0.0821. The van der Waals surface area contributed by atoms with Gasteiger partial charge in [0.15, 0.2) is 0 Å². The van der Waals surface area contributed by atoms with E-state index in [9.17, 15) is 9.59 Å². The maximum absolute atomic E-state index is 9.43. The SMILES string of the molecule is CN(C)C=O.CN(C)C=O.C[C@@]12CCC[C@H]1c1ccc3c(-c4c(P(c5ccccc5)c5ccccc5)ccc5c6c(ccc45)[C@@H]4CCC[C@@]4(C)CC6)c(P(c4ccccc4)c4ccccc4)ccc3c1CC2.[Cl][Ru][Cl]. The van der Waals surface area contributed by atoms with Crippen LogP contribution in [0.5, 0.6) is 0 Å². The van der Waals surface area contributed by atoms with Crippen LogP contribution in [0, 0.1) is 10.8 Å². The number of hydrogen-bond donors (Lipinski definition) is 0. The van der Waals surface area contributed by atoms with Crippen LogP contribution in [0.2, 0.25) is 0 Å². The summed E-state index contributed by atoms with van der Waals surface area (Å²) < 4.78 is 0. The van der Waals surface area contributed by atoms with E-state index in [1.807, 2.05) is 0 Å². The summed E-state index contributed by atoms with van der Waals surface area (Å²) >= 11 is -0.346. The molecule has 0 N–H and O–H groups in total. The van der Waals surface area contributed by atoms with E-state index in [1.54, 1.807) is 50.4 Å².